The van der Waals surface area contributed by atoms with Crippen molar-refractivity contribution in [1.82, 2.24) is 4.98 Å². The number of rotatable bonds is 6. The number of para-hydroxylation sites is 1. The number of carbonyl (C=O) groups is 1. The highest BCUT2D eigenvalue weighted by Crippen LogP contribution is 2.34. The van der Waals surface area contributed by atoms with Gasteiger partial charge in [0, 0.05) is 0 Å². The zero-order valence-electron chi connectivity index (χ0n) is 19.3. The van der Waals surface area contributed by atoms with Crippen molar-refractivity contribution >= 4 is 38.3 Å². The molecule has 5 rings (SSSR count). The predicted octanol–water partition coefficient (Wildman–Crippen LogP) is 7.99. The number of nitrogens with zero attached hydrogens (tertiary/aromatic N) is 2. The third kappa shape index (κ3) is 4.63. The summed E-state index contributed by atoms with van der Waals surface area (Å²) in [6.07, 6.45) is 0.303. The van der Waals surface area contributed by atoms with Crippen molar-refractivity contribution in [1.29, 1.82) is 0 Å². The molecule has 3 nitrogen and oxygen atoms in total. The van der Waals surface area contributed by atoms with Gasteiger partial charge in [0.05, 0.1) is 22.3 Å². The predicted molar refractivity (Wildman–Crippen MR) is 143 cm³/mol. The number of benzene rings is 4. The Hall–Kier alpha value is -3.76. The number of hydrogen-bond acceptors (Lipinski definition) is 3. The van der Waals surface area contributed by atoms with Crippen LogP contribution in [-0.2, 0) is 11.2 Å². The molecule has 0 saturated heterocycles. The Bertz CT molecular complexity index is 1370. The molecule has 1 amide bonds. The van der Waals surface area contributed by atoms with E-state index in [1.54, 1.807) is 16.2 Å². The number of aromatic nitrogens is 1. The molecule has 0 saturated carbocycles. The van der Waals surface area contributed by atoms with Gasteiger partial charge in [-0.2, -0.15) is 0 Å². The fraction of sp³-hybridized carbons (Fsp3) is 0.133. The third-order valence-electron chi connectivity index (χ3n) is 5.96. The van der Waals surface area contributed by atoms with Crippen LogP contribution in [-0.4, -0.2) is 10.9 Å². The lowest BCUT2D eigenvalue weighted by atomic mass is 10.0. The molecule has 0 aliphatic rings. The maximum Gasteiger partial charge on any atom is 0.237 e. The standard InChI is InChI=1S/C30H26N2OS/c1-21(2)23-16-18-26(19-17-23)32(30-31-27-10-6-7-11-28(27)34-30)29(33)20-22-12-14-25(15-13-22)24-8-4-3-5-9-24/h3-19,21H,20H2,1-2H3. The highest BCUT2D eigenvalue weighted by molar-refractivity contribution is 7.22. The number of hydrogen-bond donors (Lipinski definition) is 0. The lowest BCUT2D eigenvalue weighted by Gasteiger charge is -2.21. The minimum Gasteiger partial charge on any atom is -0.274 e. The van der Waals surface area contributed by atoms with Crippen LogP contribution in [0.4, 0.5) is 10.8 Å². The molecule has 168 valence electrons. The molecule has 1 aromatic heterocycles. The monoisotopic (exact) mass is 462 g/mol. The molecule has 0 aliphatic heterocycles. The van der Waals surface area contributed by atoms with E-state index >= 15 is 0 Å². The number of thiazole rings is 1. The van der Waals surface area contributed by atoms with Gasteiger partial charge >= 0.3 is 0 Å². The van der Waals surface area contributed by atoms with Gasteiger partial charge in [0.1, 0.15) is 0 Å². The average molecular weight is 463 g/mol. The van der Waals surface area contributed by atoms with Crippen LogP contribution in [0.2, 0.25) is 0 Å². The maximum atomic E-state index is 13.7. The highest BCUT2D eigenvalue weighted by Gasteiger charge is 2.22. The van der Waals surface area contributed by atoms with Gasteiger partial charge in [-0.25, -0.2) is 4.98 Å². The zero-order valence-corrected chi connectivity index (χ0v) is 20.1. The van der Waals surface area contributed by atoms with E-state index < -0.39 is 0 Å². The summed E-state index contributed by atoms with van der Waals surface area (Å²) < 4.78 is 1.07. The molecule has 0 spiro atoms. The summed E-state index contributed by atoms with van der Waals surface area (Å²) in [7, 11) is 0. The first kappa shape index (κ1) is 22.1. The molecule has 4 aromatic carbocycles. The van der Waals surface area contributed by atoms with Crippen molar-refractivity contribution in [2.75, 3.05) is 4.90 Å². The van der Waals surface area contributed by atoms with Gasteiger partial charge in [-0.3, -0.25) is 9.69 Å². The van der Waals surface area contributed by atoms with Gasteiger partial charge in [0.25, 0.3) is 0 Å². The SMILES string of the molecule is CC(C)c1ccc(N(C(=O)Cc2ccc(-c3ccccc3)cc2)c2nc3ccccc3s2)cc1. The van der Waals surface area contributed by atoms with Crippen LogP contribution in [0.5, 0.6) is 0 Å². The Balaban J connectivity index is 1.46. The second kappa shape index (κ2) is 9.62. The molecular weight excluding hydrogens is 436 g/mol. The lowest BCUT2D eigenvalue weighted by Crippen LogP contribution is -2.27. The van der Waals surface area contributed by atoms with Crippen molar-refractivity contribution < 1.29 is 4.79 Å². The van der Waals surface area contributed by atoms with Gasteiger partial charge in [-0.05, 0) is 52.4 Å². The first-order valence-electron chi connectivity index (χ1n) is 11.5. The number of anilines is 2. The summed E-state index contributed by atoms with van der Waals surface area (Å²) in [6, 6.07) is 34.8. The number of carbonyl (C=O) groups excluding carboxylic acids is 1. The molecule has 0 N–H and O–H groups in total. The number of amides is 1. The Morgan fingerprint density at radius 3 is 2.12 bits per heavy atom. The second-order valence-electron chi connectivity index (χ2n) is 8.68. The molecule has 4 heteroatoms. The topological polar surface area (TPSA) is 33.2 Å². The summed E-state index contributed by atoms with van der Waals surface area (Å²) in [5.74, 6) is 0.438. The Morgan fingerprint density at radius 1 is 0.794 bits per heavy atom. The summed E-state index contributed by atoms with van der Waals surface area (Å²) in [6.45, 7) is 4.34. The summed E-state index contributed by atoms with van der Waals surface area (Å²) >= 11 is 1.54. The lowest BCUT2D eigenvalue weighted by molar-refractivity contribution is -0.117. The summed E-state index contributed by atoms with van der Waals surface area (Å²) in [5, 5.41) is 0.699. The molecule has 34 heavy (non-hydrogen) atoms. The maximum absolute atomic E-state index is 13.7. The van der Waals surface area contributed by atoms with Crippen LogP contribution in [0.25, 0.3) is 21.3 Å². The fourth-order valence-electron chi connectivity index (χ4n) is 4.02. The van der Waals surface area contributed by atoms with Gasteiger partial charge in [0.15, 0.2) is 5.13 Å². The summed E-state index contributed by atoms with van der Waals surface area (Å²) in [5.41, 5.74) is 6.29. The van der Waals surface area contributed by atoms with Crippen LogP contribution >= 0.6 is 11.3 Å². The van der Waals surface area contributed by atoms with Crippen molar-refractivity contribution in [2.24, 2.45) is 0 Å². The van der Waals surface area contributed by atoms with Gasteiger partial charge < -0.3 is 0 Å². The molecule has 0 bridgehead atoms. The minimum absolute atomic E-state index is 0.00353. The first-order valence-corrected chi connectivity index (χ1v) is 12.3. The average Bonchev–Trinajstić information content (AvgIpc) is 3.29. The van der Waals surface area contributed by atoms with Crippen molar-refractivity contribution in [3.8, 4) is 11.1 Å². The van der Waals surface area contributed by atoms with Crippen LogP contribution in [0.3, 0.4) is 0 Å². The van der Waals surface area contributed by atoms with E-state index in [2.05, 4.69) is 50.2 Å². The quantitative estimate of drug-likeness (QED) is 0.256. The molecule has 0 atom stereocenters. The Morgan fingerprint density at radius 2 is 1.44 bits per heavy atom. The summed E-state index contributed by atoms with van der Waals surface area (Å²) in [4.78, 5) is 20.2. The Labute approximate surface area is 204 Å². The molecule has 0 fully saturated rings. The van der Waals surface area contributed by atoms with Gasteiger partial charge in [-0.1, -0.05) is 104 Å². The van der Waals surface area contributed by atoms with E-state index in [-0.39, 0.29) is 5.91 Å². The van der Waals surface area contributed by atoms with E-state index in [1.807, 2.05) is 66.7 Å². The molecular formula is C30H26N2OS. The first-order chi connectivity index (χ1) is 16.6. The largest absolute Gasteiger partial charge is 0.274 e. The van der Waals surface area contributed by atoms with Crippen molar-refractivity contribution in [3.05, 3.63) is 114 Å². The van der Waals surface area contributed by atoms with E-state index in [1.165, 1.54) is 11.1 Å². The molecule has 1 heterocycles. The smallest absolute Gasteiger partial charge is 0.237 e. The molecule has 5 aromatic rings. The Kier molecular flexibility index (Phi) is 6.24. The second-order valence-corrected chi connectivity index (χ2v) is 9.69. The van der Waals surface area contributed by atoms with Crippen molar-refractivity contribution in [3.63, 3.8) is 0 Å². The fourth-order valence-corrected chi connectivity index (χ4v) is 5.03. The highest BCUT2D eigenvalue weighted by atomic mass is 32.1. The van der Waals surface area contributed by atoms with E-state index in [0.717, 1.165) is 27.0 Å². The van der Waals surface area contributed by atoms with Gasteiger partial charge in [-0.15, -0.1) is 0 Å². The van der Waals surface area contributed by atoms with Crippen molar-refractivity contribution in [2.45, 2.75) is 26.2 Å². The van der Waals surface area contributed by atoms with E-state index in [4.69, 9.17) is 4.98 Å². The van der Waals surface area contributed by atoms with Crippen LogP contribution in [0.1, 0.15) is 30.9 Å². The van der Waals surface area contributed by atoms with Crippen LogP contribution in [0, 0.1) is 0 Å². The molecule has 0 aliphatic carbocycles. The van der Waals surface area contributed by atoms with Crippen LogP contribution in [0.15, 0.2) is 103 Å². The minimum atomic E-state index is 0.00353. The zero-order chi connectivity index (χ0) is 23.5. The van der Waals surface area contributed by atoms with Crippen LogP contribution < -0.4 is 4.90 Å². The van der Waals surface area contributed by atoms with Gasteiger partial charge in [0.2, 0.25) is 5.91 Å². The van der Waals surface area contributed by atoms with E-state index in [9.17, 15) is 4.79 Å². The molecule has 0 unspecified atom stereocenters. The molecule has 0 radical (unpaired) electrons. The van der Waals surface area contributed by atoms with E-state index in [0.29, 0.717) is 17.5 Å². The third-order valence-corrected chi connectivity index (χ3v) is 6.98. The normalized spacial score (nSPS) is 11.1. The number of fused-ring (bicyclic) bond motifs is 1.